The van der Waals surface area contributed by atoms with Gasteiger partial charge in [0.25, 0.3) is 5.56 Å². The molecule has 0 radical (unpaired) electrons. The van der Waals surface area contributed by atoms with Crippen molar-refractivity contribution in [1.82, 2.24) is 24.7 Å². The van der Waals surface area contributed by atoms with E-state index in [-0.39, 0.29) is 5.56 Å². The third-order valence-corrected chi connectivity index (χ3v) is 6.47. The molecule has 0 bridgehead atoms. The second-order valence-electron chi connectivity index (χ2n) is 6.80. The number of aryl methyl sites for hydroxylation is 1. The van der Waals surface area contributed by atoms with Gasteiger partial charge in [-0.05, 0) is 19.1 Å². The van der Waals surface area contributed by atoms with Gasteiger partial charge in [-0.1, -0.05) is 59.8 Å². The standard InChI is InChI=1S/C22H17N5OS2/c1-14-7-9-15(10-8-14)21-24-16(12-29-21)13-30-22-25-19-18(20(28)26-22)11-23-27(19)17-5-3-2-4-6-17/h2-12H,13H2,1H3,(H,25,26,28). The lowest BCUT2D eigenvalue weighted by atomic mass is 10.2. The zero-order valence-electron chi connectivity index (χ0n) is 16.1. The van der Waals surface area contributed by atoms with E-state index in [4.69, 9.17) is 4.98 Å². The fraction of sp³-hybridized carbons (Fsp3) is 0.0909. The number of H-pyrrole nitrogens is 1. The van der Waals surface area contributed by atoms with Crippen LogP contribution in [0.5, 0.6) is 0 Å². The number of hydrogen-bond donors (Lipinski definition) is 1. The van der Waals surface area contributed by atoms with E-state index in [0.29, 0.717) is 21.9 Å². The molecule has 0 spiro atoms. The van der Waals surface area contributed by atoms with Crippen LogP contribution >= 0.6 is 23.1 Å². The number of aromatic amines is 1. The molecule has 3 heterocycles. The van der Waals surface area contributed by atoms with Gasteiger partial charge in [0.2, 0.25) is 0 Å². The normalized spacial score (nSPS) is 11.2. The second-order valence-corrected chi connectivity index (χ2v) is 8.62. The Balaban J connectivity index is 1.40. The molecule has 0 aliphatic carbocycles. The minimum absolute atomic E-state index is 0.191. The van der Waals surface area contributed by atoms with Crippen LogP contribution in [0.15, 0.2) is 76.1 Å². The molecule has 0 unspecified atom stereocenters. The summed E-state index contributed by atoms with van der Waals surface area (Å²) in [5.74, 6) is 0.621. The first-order chi connectivity index (χ1) is 14.7. The quantitative estimate of drug-likeness (QED) is 0.318. The number of rotatable bonds is 5. The van der Waals surface area contributed by atoms with E-state index in [2.05, 4.69) is 46.3 Å². The summed E-state index contributed by atoms with van der Waals surface area (Å²) < 4.78 is 1.69. The zero-order valence-corrected chi connectivity index (χ0v) is 17.7. The summed E-state index contributed by atoms with van der Waals surface area (Å²) in [6.07, 6.45) is 1.55. The molecule has 8 heteroatoms. The minimum atomic E-state index is -0.191. The van der Waals surface area contributed by atoms with Crippen LogP contribution in [0.25, 0.3) is 27.3 Å². The van der Waals surface area contributed by atoms with Crippen LogP contribution in [0.1, 0.15) is 11.3 Å². The molecule has 148 valence electrons. The van der Waals surface area contributed by atoms with Gasteiger partial charge in [-0.3, -0.25) is 4.79 Å². The van der Waals surface area contributed by atoms with Gasteiger partial charge in [-0.15, -0.1) is 11.3 Å². The number of nitrogens with one attached hydrogen (secondary N) is 1. The Kier molecular flexibility index (Phi) is 4.94. The molecule has 0 atom stereocenters. The van der Waals surface area contributed by atoms with Gasteiger partial charge in [-0.2, -0.15) is 5.10 Å². The lowest BCUT2D eigenvalue weighted by molar-refractivity contribution is 0.872. The summed E-state index contributed by atoms with van der Waals surface area (Å²) in [5, 5.41) is 8.40. The van der Waals surface area contributed by atoms with Crippen LogP contribution in [0, 0.1) is 6.92 Å². The lowest BCUT2D eigenvalue weighted by Gasteiger charge is -2.04. The van der Waals surface area contributed by atoms with Crippen molar-refractivity contribution in [1.29, 1.82) is 0 Å². The monoisotopic (exact) mass is 431 g/mol. The molecule has 6 nitrogen and oxygen atoms in total. The second kappa shape index (κ2) is 7.89. The Labute approximate surface area is 180 Å². The van der Waals surface area contributed by atoms with Crippen molar-refractivity contribution in [3.8, 4) is 16.3 Å². The molecular formula is C22H17N5OS2. The molecular weight excluding hydrogens is 414 g/mol. The topological polar surface area (TPSA) is 76.5 Å². The summed E-state index contributed by atoms with van der Waals surface area (Å²) in [6.45, 7) is 2.07. The van der Waals surface area contributed by atoms with Gasteiger partial charge in [-0.25, -0.2) is 14.6 Å². The number of fused-ring (bicyclic) bond motifs is 1. The summed E-state index contributed by atoms with van der Waals surface area (Å²) in [7, 11) is 0. The predicted octanol–water partition coefficient (Wildman–Crippen LogP) is 4.83. The molecule has 5 aromatic rings. The maximum absolute atomic E-state index is 12.5. The number of hydrogen-bond acceptors (Lipinski definition) is 6. The third-order valence-electron chi connectivity index (χ3n) is 4.62. The number of aromatic nitrogens is 5. The number of nitrogens with zero attached hydrogens (tertiary/aromatic N) is 4. The average molecular weight is 432 g/mol. The zero-order chi connectivity index (χ0) is 20.5. The van der Waals surface area contributed by atoms with Crippen LogP contribution < -0.4 is 5.56 Å². The largest absolute Gasteiger partial charge is 0.301 e. The SMILES string of the molecule is Cc1ccc(-c2nc(CSc3nc4c(cnn4-c4ccccc4)c(=O)[nH]3)cs2)cc1. The highest BCUT2D eigenvalue weighted by Crippen LogP contribution is 2.27. The first-order valence-corrected chi connectivity index (χ1v) is 11.2. The van der Waals surface area contributed by atoms with Crippen molar-refractivity contribution in [2.24, 2.45) is 0 Å². The molecule has 3 aromatic heterocycles. The van der Waals surface area contributed by atoms with E-state index >= 15 is 0 Å². The first kappa shape index (κ1) is 18.8. The van der Waals surface area contributed by atoms with Crippen LogP contribution in [0.4, 0.5) is 0 Å². The molecule has 0 saturated heterocycles. The molecule has 5 rings (SSSR count). The molecule has 0 saturated carbocycles. The summed E-state index contributed by atoms with van der Waals surface area (Å²) in [4.78, 5) is 24.7. The molecule has 30 heavy (non-hydrogen) atoms. The van der Waals surface area contributed by atoms with Crippen molar-refractivity contribution >= 4 is 34.1 Å². The fourth-order valence-corrected chi connectivity index (χ4v) is 4.75. The Morgan fingerprint density at radius 1 is 1.07 bits per heavy atom. The van der Waals surface area contributed by atoms with Crippen molar-refractivity contribution in [2.45, 2.75) is 17.8 Å². The Morgan fingerprint density at radius 3 is 2.67 bits per heavy atom. The Morgan fingerprint density at radius 2 is 1.87 bits per heavy atom. The minimum Gasteiger partial charge on any atom is -0.301 e. The summed E-state index contributed by atoms with van der Waals surface area (Å²) in [6, 6.07) is 18.0. The van der Waals surface area contributed by atoms with Crippen molar-refractivity contribution < 1.29 is 0 Å². The Bertz CT molecular complexity index is 1370. The number of thiazole rings is 1. The number of benzene rings is 2. The maximum atomic E-state index is 12.5. The number of thioether (sulfide) groups is 1. The summed E-state index contributed by atoms with van der Waals surface area (Å²) in [5.41, 5.74) is 4.52. The van der Waals surface area contributed by atoms with Gasteiger partial charge < -0.3 is 4.98 Å². The van der Waals surface area contributed by atoms with Crippen LogP contribution in [-0.2, 0) is 5.75 Å². The van der Waals surface area contributed by atoms with E-state index in [1.807, 2.05) is 35.7 Å². The molecule has 0 amide bonds. The number of para-hydroxylation sites is 1. The smallest absolute Gasteiger partial charge is 0.262 e. The van der Waals surface area contributed by atoms with Crippen LogP contribution in [0.2, 0.25) is 0 Å². The van der Waals surface area contributed by atoms with E-state index < -0.39 is 0 Å². The fourth-order valence-electron chi connectivity index (χ4n) is 3.07. The van der Waals surface area contributed by atoms with Gasteiger partial charge in [0.15, 0.2) is 10.8 Å². The third kappa shape index (κ3) is 3.67. The first-order valence-electron chi connectivity index (χ1n) is 9.35. The molecule has 0 aliphatic rings. The highest BCUT2D eigenvalue weighted by molar-refractivity contribution is 7.98. The molecule has 1 N–H and O–H groups in total. The van der Waals surface area contributed by atoms with E-state index in [1.165, 1.54) is 17.3 Å². The van der Waals surface area contributed by atoms with E-state index in [1.54, 1.807) is 22.2 Å². The maximum Gasteiger partial charge on any atom is 0.262 e. The Hall–Kier alpha value is -3.23. The van der Waals surface area contributed by atoms with Crippen molar-refractivity contribution in [3.05, 3.63) is 87.8 Å². The van der Waals surface area contributed by atoms with Crippen molar-refractivity contribution in [2.75, 3.05) is 0 Å². The molecule has 0 aliphatic heterocycles. The highest BCUT2D eigenvalue weighted by Gasteiger charge is 2.12. The lowest BCUT2D eigenvalue weighted by Crippen LogP contribution is -2.09. The van der Waals surface area contributed by atoms with E-state index in [9.17, 15) is 4.79 Å². The van der Waals surface area contributed by atoms with Gasteiger partial charge in [0, 0.05) is 16.7 Å². The predicted molar refractivity (Wildman–Crippen MR) is 121 cm³/mol. The van der Waals surface area contributed by atoms with Crippen LogP contribution in [-0.4, -0.2) is 24.7 Å². The highest BCUT2D eigenvalue weighted by atomic mass is 32.2. The molecule has 0 fully saturated rings. The van der Waals surface area contributed by atoms with Crippen molar-refractivity contribution in [3.63, 3.8) is 0 Å². The van der Waals surface area contributed by atoms with E-state index in [0.717, 1.165) is 22.0 Å². The average Bonchev–Trinajstić information content (AvgIpc) is 3.41. The van der Waals surface area contributed by atoms with Crippen LogP contribution in [0.3, 0.4) is 0 Å². The van der Waals surface area contributed by atoms with Gasteiger partial charge in [0.1, 0.15) is 10.4 Å². The molecule has 2 aromatic carbocycles. The van der Waals surface area contributed by atoms with Gasteiger partial charge in [0.05, 0.1) is 17.6 Å². The van der Waals surface area contributed by atoms with Gasteiger partial charge >= 0.3 is 0 Å². The summed E-state index contributed by atoms with van der Waals surface area (Å²) >= 11 is 3.08.